The lowest BCUT2D eigenvalue weighted by Gasteiger charge is -2.35. The largest absolute Gasteiger partial charge is 0.496 e. The maximum Gasteiger partial charge on any atom is 0.257 e. The number of methoxy groups -OCH3 is 1. The lowest BCUT2D eigenvalue weighted by molar-refractivity contribution is -0.134. The van der Waals surface area contributed by atoms with Gasteiger partial charge in [0, 0.05) is 49.7 Å². The maximum atomic E-state index is 13.6. The van der Waals surface area contributed by atoms with Gasteiger partial charge in [0.05, 0.1) is 25.4 Å². The van der Waals surface area contributed by atoms with Crippen molar-refractivity contribution >= 4 is 23.2 Å². The van der Waals surface area contributed by atoms with Crippen LogP contribution in [0.25, 0.3) is 0 Å². The first-order valence-corrected chi connectivity index (χ1v) is 12.8. The summed E-state index contributed by atoms with van der Waals surface area (Å²) in [7, 11) is 1.65. The molecule has 1 saturated heterocycles. The normalized spacial score (nSPS) is 18.8. The third kappa shape index (κ3) is 5.46. The Labute approximate surface area is 217 Å². The number of amides is 1. The van der Waals surface area contributed by atoms with E-state index in [1.807, 2.05) is 54.6 Å². The number of piperazine rings is 1. The summed E-state index contributed by atoms with van der Waals surface area (Å²) in [4.78, 5) is 18.3. The molecule has 1 atom stereocenters. The first-order chi connectivity index (χ1) is 17.6. The van der Waals surface area contributed by atoms with Crippen LogP contribution < -0.4 is 4.74 Å². The average Bonchev–Trinajstić information content (AvgIpc) is 3.36. The standard InChI is InChI=1S/C29H31ClN4O2/c1-36-28-14-8-6-12-24(28)26-19-27(23-11-5-7-13-25(23)30)34(31-26)29(35)21-33-17-15-32(16-18-33)20-22-9-3-2-4-10-22/h2-14,27H,15-21H2,1H3/t27-/m0/s1. The van der Waals surface area contributed by atoms with E-state index >= 15 is 0 Å². The lowest BCUT2D eigenvalue weighted by atomic mass is 9.98. The molecule has 0 radical (unpaired) electrons. The van der Waals surface area contributed by atoms with Crippen LogP contribution in [0.3, 0.4) is 0 Å². The van der Waals surface area contributed by atoms with Crippen LogP contribution >= 0.6 is 11.6 Å². The topological polar surface area (TPSA) is 48.4 Å². The van der Waals surface area contributed by atoms with Crippen LogP contribution in [-0.2, 0) is 11.3 Å². The first kappa shape index (κ1) is 24.5. The molecule has 186 valence electrons. The van der Waals surface area contributed by atoms with Crippen LogP contribution in [0.5, 0.6) is 5.75 Å². The van der Waals surface area contributed by atoms with Crippen molar-refractivity contribution in [1.29, 1.82) is 0 Å². The van der Waals surface area contributed by atoms with E-state index in [1.54, 1.807) is 12.1 Å². The Morgan fingerprint density at radius 2 is 1.58 bits per heavy atom. The Hall–Kier alpha value is -3.19. The molecule has 36 heavy (non-hydrogen) atoms. The number of nitrogens with zero attached hydrogens (tertiary/aromatic N) is 4. The van der Waals surface area contributed by atoms with Gasteiger partial charge in [0.15, 0.2) is 0 Å². The molecular weight excluding hydrogens is 472 g/mol. The lowest BCUT2D eigenvalue weighted by Crippen LogP contribution is -2.49. The predicted octanol–water partition coefficient (Wildman–Crippen LogP) is 4.84. The third-order valence-corrected chi connectivity index (χ3v) is 7.26. The number of hydrogen-bond donors (Lipinski definition) is 0. The van der Waals surface area contributed by atoms with Crippen LogP contribution in [0.2, 0.25) is 5.02 Å². The molecule has 0 N–H and O–H groups in total. The van der Waals surface area contributed by atoms with Gasteiger partial charge in [-0.15, -0.1) is 0 Å². The molecule has 2 heterocycles. The summed E-state index contributed by atoms with van der Waals surface area (Å²) >= 11 is 6.57. The highest BCUT2D eigenvalue weighted by Crippen LogP contribution is 2.37. The number of rotatable bonds is 7. The van der Waals surface area contributed by atoms with E-state index in [9.17, 15) is 4.79 Å². The fraction of sp³-hybridized carbons (Fsp3) is 0.310. The minimum atomic E-state index is -0.245. The fourth-order valence-corrected chi connectivity index (χ4v) is 5.25. The zero-order valence-electron chi connectivity index (χ0n) is 20.5. The highest BCUT2D eigenvalue weighted by atomic mass is 35.5. The maximum absolute atomic E-state index is 13.6. The molecule has 0 saturated carbocycles. The summed E-state index contributed by atoms with van der Waals surface area (Å²) < 4.78 is 5.57. The van der Waals surface area contributed by atoms with E-state index in [0.29, 0.717) is 18.0 Å². The number of halogens is 1. The first-order valence-electron chi connectivity index (χ1n) is 12.4. The summed E-state index contributed by atoms with van der Waals surface area (Å²) in [6, 6.07) is 25.8. The van der Waals surface area contributed by atoms with Gasteiger partial charge < -0.3 is 4.74 Å². The highest BCUT2D eigenvalue weighted by molar-refractivity contribution is 6.31. The van der Waals surface area contributed by atoms with E-state index in [0.717, 1.165) is 55.3 Å². The molecule has 1 fully saturated rings. The summed E-state index contributed by atoms with van der Waals surface area (Å²) in [6.07, 6.45) is 0.584. The van der Waals surface area contributed by atoms with E-state index in [1.165, 1.54) is 5.56 Å². The van der Waals surface area contributed by atoms with Crippen molar-refractivity contribution in [3.8, 4) is 5.75 Å². The van der Waals surface area contributed by atoms with E-state index in [4.69, 9.17) is 21.4 Å². The Morgan fingerprint density at radius 1 is 0.917 bits per heavy atom. The minimum absolute atomic E-state index is 0.0127. The van der Waals surface area contributed by atoms with Gasteiger partial charge in [-0.3, -0.25) is 14.6 Å². The van der Waals surface area contributed by atoms with Crippen molar-refractivity contribution in [3.05, 3.63) is 101 Å². The summed E-state index contributed by atoms with van der Waals surface area (Å²) in [6.45, 7) is 4.86. The molecular formula is C29H31ClN4O2. The van der Waals surface area contributed by atoms with Crippen molar-refractivity contribution in [2.24, 2.45) is 5.10 Å². The zero-order chi connectivity index (χ0) is 24.9. The van der Waals surface area contributed by atoms with Crippen LogP contribution in [0, 0.1) is 0 Å². The second kappa shape index (κ2) is 11.2. The van der Waals surface area contributed by atoms with Gasteiger partial charge in [0.25, 0.3) is 5.91 Å². The van der Waals surface area contributed by atoms with E-state index in [-0.39, 0.29) is 11.9 Å². The minimum Gasteiger partial charge on any atom is -0.496 e. The Kier molecular flexibility index (Phi) is 7.66. The molecule has 1 amide bonds. The summed E-state index contributed by atoms with van der Waals surface area (Å²) in [5.74, 6) is 0.735. The second-order valence-electron chi connectivity index (χ2n) is 9.26. The zero-order valence-corrected chi connectivity index (χ0v) is 21.3. The molecule has 6 nitrogen and oxygen atoms in total. The van der Waals surface area contributed by atoms with Crippen molar-refractivity contribution < 1.29 is 9.53 Å². The molecule has 0 aromatic heterocycles. The number of benzene rings is 3. The Balaban J connectivity index is 1.30. The van der Waals surface area contributed by atoms with Crippen molar-refractivity contribution in [1.82, 2.24) is 14.8 Å². The average molecular weight is 503 g/mol. The molecule has 3 aromatic rings. The van der Waals surface area contributed by atoms with Gasteiger partial charge in [0.1, 0.15) is 5.75 Å². The molecule has 0 spiro atoms. The summed E-state index contributed by atoms with van der Waals surface area (Å²) in [5.41, 5.74) is 3.97. The van der Waals surface area contributed by atoms with Crippen LogP contribution in [-0.4, -0.2) is 66.3 Å². The predicted molar refractivity (Wildman–Crippen MR) is 143 cm³/mol. The van der Waals surface area contributed by atoms with Crippen molar-refractivity contribution in [2.45, 2.75) is 19.0 Å². The molecule has 0 aliphatic carbocycles. The van der Waals surface area contributed by atoms with E-state index in [2.05, 4.69) is 34.1 Å². The molecule has 3 aromatic carbocycles. The van der Waals surface area contributed by atoms with Crippen LogP contribution in [0.15, 0.2) is 84.0 Å². The van der Waals surface area contributed by atoms with Gasteiger partial charge in [-0.25, -0.2) is 5.01 Å². The molecule has 0 unspecified atom stereocenters. The molecule has 2 aliphatic rings. The number of hydrazone groups is 1. The number of hydrogen-bond acceptors (Lipinski definition) is 5. The molecule has 0 bridgehead atoms. The Bertz CT molecular complexity index is 1220. The van der Waals surface area contributed by atoms with Gasteiger partial charge in [-0.05, 0) is 29.3 Å². The fourth-order valence-electron chi connectivity index (χ4n) is 4.98. The number of carbonyl (C=O) groups excluding carboxylic acids is 1. The SMILES string of the molecule is COc1ccccc1C1=NN(C(=O)CN2CCN(Cc3ccccc3)CC2)[C@H](c2ccccc2Cl)C1. The number of carbonyl (C=O) groups is 1. The molecule has 2 aliphatic heterocycles. The van der Waals surface area contributed by atoms with Gasteiger partial charge in [0.2, 0.25) is 0 Å². The van der Waals surface area contributed by atoms with Crippen molar-refractivity contribution in [3.63, 3.8) is 0 Å². The monoisotopic (exact) mass is 502 g/mol. The highest BCUT2D eigenvalue weighted by Gasteiger charge is 2.35. The van der Waals surface area contributed by atoms with Crippen LogP contribution in [0.1, 0.15) is 29.2 Å². The van der Waals surface area contributed by atoms with Crippen molar-refractivity contribution in [2.75, 3.05) is 39.8 Å². The molecule has 5 rings (SSSR count). The smallest absolute Gasteiger partial charge is 0.257 e. The summed E-state index contributed by atoms with van der Waals surface area (Å²) in [5, 5.41) is 7.11. The van der Waals surface area contributed by atoms with Gasteiger partial charge in [-0.2, -0.15) is 5.10 Å². The van der Waals surface area contributed by atoms with Gasteiger partial charge in [-0.1, -0.05) is 72.3 Å². The number of ether oxygens (including phenoxy) is 1. The second-order valence-corrected chi connectivity index (χ2v) is 9.67. The third-order valence-electron chi connectivity index (χ3n) is 6.92. The quantitative estimate of drug-likeness (QED) is 0.463. The van der Waals surface area contributed by atoms with Crippen LogP contribution in [0.4, 0.5) is 0 Å². The van der Waals surface area contributed by atoms with Gasteiger partial charge >= 0.3 is 0 Å². The Morgan fingerprint density at radius 3 is 2.33 bits per heavy atom. The number of para-hydroxylation sites is 1. The molecule has 7 heteroatoms. The van der Waals surface area contributed by atoms with E-state index < -0.39 is 0 Å².